The van der Waals surface area contributed by atoms with E-state index in [1.807, 2.05) is 13.8 Å². The van der Waals surface area contributed by atoms with Gasteiger partial charge in [0.1, 0.15) is 5.75 Å². The first kappa shape index (κ1) is 16.4. The number of nitrogens with zero attached hydrogens (tertiary/aromatic N) is 2. The summed E-state index contributed by atoms with van der Waals surface area (Å²) in [5.74, 6) is -0.0603. The third-order valence-electron chi connectivity index (χ3n) is 3.09. The predicted octanol–water partition coefficient (Wildman–Crippen LogP) is 1.24. The Morgan fingerprint density at radius 3 is 2.65 bits per heavy atom. The Balaban J connectivity index is 2.89. The van der Waals surface area contributed by atoms with Crippen LogP contribution >= 0.6 is 0 Å². The van der Waals surface area contributed by atoms with Gasteiger partial charge in [-0.3, -0.25) is 14.7 Å². The molecule has 0 saturated carbocycles. The summed E-state index contributed by atoms with van der Waals surface area (Å²) < 4.78 is 10.4. The van der Waals surface area contributed by atoms with Crippen molar-refractivity contribution in [2.45, 2.75) is 20.4 Å². The summed E-state index contributed by atoms with van der Waals surface area (Å²) >= 11 is 0. The fourth-order valence-electron chi connectivity index (χ4n) is 2.07. The van der Waals surface area contributed by atoms with E-state index in [1.165, 1.54) is 0 Å². The molecule has 6 nitrogen and oxygen atoms in total. The fourth-order valence-corrected chi connectivity index (χ4v) is 2.07. The van der Waals surface area contributed by atoms with Crippen LogP contribution in [0.25, 0.3) is 0 Å². The molecule has 1 rings (SSSR count). The van der Waals surface area contributed by atoms with Crippen molar-refractivity contribution in [2.75, 3.05) is 33.9 Å². The van der Waals surface area contributed by atoms with Gasteiger partial charge in [0.05, 0.1) is 26.0 Å². The van der Waals surface area contributed by atoms with Crippen LogP contribution in [0.5, 0.6) is 5.75 Å². The molecule has 0 saturated heterocycles. The second kappa shape index (κ2) is 7.81. The number of hydrogen-bond donors (Lipinski definition) is 1. The number of aryl methyl sites for hydroxylation is 1. The number of ether oxygens (including phenoxy) is 2. The lowest BCUT2D eigenvalue weighted by Gasteiger charge is -2.21. The molecule has 112 valence electrons. The van der Waals surface area contributed by atoms with E-state index in [-0.39, 0.29) is 6.54 Å². The second-order valence-electron chi connectivity index (χ2n) is 4.64. The maximum Gasteiger partial charge on any atom is 0.317 e. The molecule has 1 heterocycles. The maximum absolute atomic E-state index is 10.9. The Morgan fingerprint density at radius 2 is 2.10 bits per heavy atom. The molecule has 0 aliphatic carbocycles. The largest absolute Gasteiger partial charge is 0.496 e. The zero-order valence-electron chi connectivity index (χ0n) is 12.5. The van der Waals surface area contributed by atoms with Crippen LogP contribution in [0.2, 0.25) is 0 Å². The van der Waals surface area contributed by atoms with Crippen molar-refractivity contribution >= 4 is 5.97 Å². The number of carbonyl (C=O) groups is 1. The highest BCUT2D eigenvalue weighted by Crippen LogP contribution is 2.24. The molecule has 0 fully saturated rings. The summed E-state index contributed by atoms with van der Waals surface area (Å²) in [7, 11) is 3.22. The van der Waals surface area contributed by atoms with Gasteiger partial charge in [-0.15, -0.1) is 0 Å². The summed E-state index contributed by atoms with van der Waals surface area (Å²) in [6.07, 6.45) is 1.75. The molecule has 1 N–H and O–H groups in total. The molecule has 0 radical (unpaired) electrons. The van der Waals surface area contributed by atoms with Crippen LogP contribution < -0.4 is 4.74 Å². The number of carboxylic acid groups (broad SMARTS) is 1. The quantitative estimate of drug-likeness (QED) is 0.773. The number of rotatable bonds is 8. The van der Waals surface area contributed by atoms with Crippen LogP contribution in [-0.2, 0) is 16.1 Å². The third-order valence-corrected chi connectivity index (χ3v) is 3.09. The number of hydrogen-bond acceptors (Lipinski definition) is 5. The Kier molecular flexibility index (Phi) is 6.41. The van der Waals surface area contributed by atoms with Crippen LogP contribution in [0.1, 0.15) is 16.8 Å². The van der Waals surface area contributed by atoms with Crippen LogP contribution in [0.3, 0.4) is 0 Å². The van der Waals surface area contributed by atoms with Crippen LogP contribution in [0, 0.1) is 13.8 Å². The van der Waals surface area contributed by atoms with Crippen molar-refractivity contribution < 1.29 is 19.4 Å². The molecular weight excluding hydrogens is 260 g/mol. The van der Waals surface area contributed by atoms with Gasteiger partial charge in [0, 0.05) is 37.5 Å². The lowest BCUT2D eigenvalue weighted by Crippen LogP contribution is -2.32. The van der Waals surface area contributed by atoms with Gasteiger partial charge in [-0.25, -0.2) is 0 Å². The Labute approximate surface area is 119 Å². The van der Waals surface area contributed by atoms with Gasteiger partial charge in [0.25, 0.3) is 0 Å². The Morgan fingerprint density at radius 1 is 1.40 bits per heavy atom. The number of aromatic nitrogens is 1. The van der Waals surface area contributed by atoms with Crippen LogP contribution in [0.4, 0.5) is 0 Å². The first-order valence-corrected chi connectivity index (χ1v) is 6.41. The minimum absolute atomic E-state index is 0.0410. The highest BCUT2D eigenvalue weighted by molar-refractivity contribution is 5.69. The lowest BCUT2D eigenvalue weighted by atomic mass is 10.1. The van der Waals surface area contributed by atoms with Gasteiger partial charge in [0.15, 0.2) is 0 Å². The molecule has 0 unspecified atom stereocenters. The van der Waals surface area contributed by atoms with Gasteiger partial charge >= 0.3 is 5.97 Å². The Hall–Kier alpha value is -1.66. The molecule has 0 bridgehead atoms. The number of pyridine rings is 1. The highest BCUT2D eigenvalue weighted by atomic mass is 16.5. The monoisotopic (exact) mass is 282 g/mol. The van der Waals surface area contributed by atoms with Crippen LogP contribution in [0.15, 0.2) is 6.20 Å². The van der Waals surface area contributed by atoms with Crippen molar-refractivity contribution in [1.29, 1.82) is 0 Å². The molecule has 0 aliphatic heterocycles. The van der Waals surface area contributed by atoms with Gasteiger partial charge in [-0.2, -0.15) is 0 Å². The van der Waals surface area contributed by atoms with Gasteiger partial charge in [-0.1, -0.05) is 0 Å². The standard InChI is InChI=1S/C14H22N2O4/c1-10-7-15-12(11(2)14(10)20-4)8-16(5-6-19-3)9-13(17)18/h7H,5-6,8-9H2,1-4H3,(H,17,18). The van der Waals surface area contributed by atoms with Gasteiger partial charge in [-0.05, 0) is 13.8 Å². The highest BCUT2D eigenvalue weighted by Gasteiger charge is 2.15. The van der Waals surface area contributed by atoms with E-state index in [1.54, 1.807) is 25.3 Å². The summed E-state index contributed by atoms with van der Waals surface area (Å²) in [6.45, 7) is 5.31. The lowest BCUT2D eigenvalue weighted by molar-refractivity contribution is -0.138. The normalized spacial score (nSPS) is 10.8. The molecule has 0 atom stereocenters. The van der Waals surface area contributed by atoms with Gasteiger partial charge in [0.2, 0.25) is 0 Å². The summed E-state index contributed by atoms with van der Waals surface area (Å²) in [4.78, 5) is 17.1. The van der Waals surface area contributed by atoms with E-state index >= 15 is 0 Å². The van der Waals surface area contributed by atoms with Gasteiger partial charge < -0.3 is 14.6 Å². The van der Waals surface area contributed by atoms with E-state index in [0.29, 0.717) is 19.7 Å². The van der Waals surface area contributed by atoms with Crippen molar-refractivity contribution in [3.05, 3.63) is 23.0 Å². The molecule has 20 heavy (non-hydrogen) atoms. The maximum atomic E-state index is 10.9. The summed E-state index contributed by atoms with van der Waals surface area (Å²) in [5, 5.41) is 8.95. The molecule has 0 spiro atoms. The van der Waals surface area contributed by atoms with E-state index in [9.17, 15) is 4.79 Å². The molecule has 1 aromatic rings. The average Bonchev–Trinajstić information content (AvgIpc) is 2.39. The molecule has 1 aromatic heterocycles. The third kappa shape index (κ3) is 4.47. The minimum Gasteiger partial charge on any atom is -0.496 e. The van der Waals surface area contributed by atoms with Crippen molar-refractivity contribution in [1.82, 2.24) is 9.88 Å². The SMILES string of the molecule is COCCN(CC(=O)O)Cc1ncc(C)c(OC)c1C. The molecule has 0 aliphatic rings. The van der Waals surface area contributed by atoms with E-state index in [4.69, 9.17) is 14.6 Å². The van der Waals surface area contributed by atoms with Crippen molar-refractivity contribution in [3.63, 3.8) is 0 Å². The number of carboxylic acids is 1. The molecule has 0 amide bonds. The summed E-state index contributed by atoms with van der Waals surface area (Å²) in [5.41, 5.74) is 2.74. The molecule has 0 aromatic carbocycles. The predicted molar refractivity (Wildman–Crippen MR) is 75.1 cm³/mol. The first-order chi connectivity index (χ1) is 9.49. The Bertz CT molecular complexity index is 463. The fraction of sp³-hybridized carbons (Fsp3) is 0.571. The molecular formula is C14H22N2O4. The smallest absolute Gasteiger partial charge is 0.317 e. The first-order valence-electron chi connectivity index (χ1n) is 6.41. The van der Waals surface area contributed by atoms with E-state index < -0.39 is 5.97 Å². The van der Waals surface area contributed by atoms with E-state index in [2.05, 4.69) is 4.98 Å². The zero-order chi connectivity index (χ0) is 15.1. The zero-order valence-corrected chi connectivity index (χ0v) is 12.5. The van der Waals surface area contributed by atoms with Crippen LogP contribution in [-0.4, -0.2) is 54.9 Å². The van der Waals surface area contributed by atoms with E-state index in [0.717, 1.165) is 22.6 Å². The average molecular weight is 282 g/mol. The number of methoxy groups -OCH3 is 2. The van der Waals surface area contributed by atoms with Crippen molar-refractivity contribution in [3.8, 4) is 5.75 Å². The topological polar surface area (TPSA) is 71.9 Å². The number of aliphatic carboxylic acids is 1. The summed E-state index contributed by atoms with van der Waals surface area (Å²) in [6, 6.07) is 0. The minimum atomic E-state index is -0.863. The second-order valence-corrected chi connectivity index (χ2v) is 4.64. The molecule has 6 heteroatoms. The van der Waals surface area contributed by atoms with Crippen molar-refractivity contribution in [2.24, 2.45) is 0 Å².